The van der Waals surface area contributed by atoms with Crippen molar-refractivity contribution in [3.05, 3.63) is 72.2 Å². The minimum atomic E-state index is -0.677. The molecule has 8 heteroatoms. The van der Waals surface area contributed by atoms with Crippen LogP contribution in [0.1, 0.15) is 36.2 Å². The largest absolute Gasteiger partial charge is 0.384 e. The second-order valence-corrected chi connectivity index (χ2v) is 6.84. The van der Waals surface area contributed by atoms with Crippen molar-refractivity contribution in [1.29, 1.82) is 0 Å². The van der Waals surface area contributed by atoms with E-state index in [2.05, 4.69) is 20.6 Å². The highest BCUT2D eigenvalue weighted by molar-refractivity contribution is 5.92. The van der Waals surface area contributed by atoms with E-state index in [1.165, 1.54) is 24.3 Å². The maximum absolute atomic E-state index is 13.5. The quantitative estimate of drug-likeness (QED) is 0.394. The van der Waals surface area contributed by atoms with Crippen molar-refractivity contribution < 1.29 is 13.6 Å². The summed E-state index contributed by atoms with van der Waals surface area (Å²) in [6.45, 7) is 0. The van der Waals surface area contributed by atoms with E-state index < -0.39 is 5.95 Å². The Hall–Kier alpha value is -3.29. The van der Waals surface area contributed by atoms with Crippen LogP contribution in [0.2, 0.25) is 0 Å². The van der Waals surface area contributed by atoms with Crippen LogP contribution in [0.4, 0.5) is 14.5 Å². The number of hydrogen-bond acceptors (Lipinski definition) is 4. The van der Waals surface area contributed by atoms with E-state index in [4.69, 9.17) is 5.73 Å². The summed E-state index contributed by atoms with van der Waals surface area (Å²) in [6.07, 6.45) is 6.19. The lowest BCUT2D eigenvalue weighted by atomic mass is 9.91. The molecule has 1 saturated carbocycles. The number of amidine groups is 1. The molecule has 3 rings (SSSR count). The van der Waals surface area contributed by atoms with Crippen LogP contribution < -0.4 is 16.4 Å². The molecule has 1 aliphatic rings. The molecule has 1 aromatic carbocycles. The van der Waals surface area contributed by atoms with Crippen LogP contribution in [0.3, 0.4) is 0 Å². The van der Waals surface area contributed by atoms with E-state index in [1.807, 2.05) is 0 Å². The first-order valence-electron chi connectivity index (χ1n) is 9.45. The van der Waals surface area contributed by atoms with Gasteiger partial charge < -0.3 is 16.4 Å². The second kappa shape index (κ2) is 9.77. The summed E-state index contributed by atoms with van der Waals surface area (Å²) in [5, 5.41) is 5.72. The maximum atomic E-state index is 13.5. The Kier molecular flexibility index (Phi) is 6.89. The average Bonchev–Trinajstić information content (AvgIpc) is 2.71. The molecule has 4 N–H and O–H groups in total. The lowest BCUT2D eigenvalue weighted by Gasteiger charge is -2.27. The minimum absolute atomic E-state index is 0.00138. The van der Waals surface area contributed by atoms with E-state index in [9.17, 15) is 13.6 Å². The molecule has 2 aromatic rings. The lowest BCUT2D eigenvalue weighted by Crippen LogP contribution is -2.39. The number of rotatable bonds is 6. The van der Waals surface area contributed by atoms with Crippen molar-refractivity contribution in [1.82, 2.24) is 10.3 Å². The number of aliphatic imine (C=N–C) groups is 1. The van der Waals surface area contributed by atoms with Crippen molar-refractivity contribution in [2.24, 2.45) is 10.7 Å². The third-order valence-electron chi connectivity index (χ3n) is 4.68. The number of nitrogens with one attached hydrogen (secondary N) is 2. The van der Waals surface area contributed by atoms with Crippen LogP contribution in [0.5, 0.6) is 0 Å². The smallest absolute Gasteiger partial charge is 0.270 e. The molecular formula is C21H23F2N5O. The summed E-state index contributed by atoms with van der Waals surface area (Å²) in [4.78, 5) is 20.2. The fourth-order valence-corrected chi connectivity index (χ4v) is 3.19. The van der Waals surface area contributed by atoms with Crippen LogP contribution in [0.15, 0.2) is 59.7 Å². The molecule has 152 valence electrons. The van der Waals surface area contributed by atoms with E-state index in [0.717, 1.165) is 25.7 Å². The number of para-hydroxylation sites is 1. The summed E-state index contributed by atoms with van der Waals surface area (Å²) in [5.41, 5.74) is 6.36. The average molecular weight is 399 g/mol. The molecule has 0 atom stereocenters. The SMILES string of the molecule is NC(C=CNc1ccccc1F)=NC1CCC(NC(=O)c2cccc(F)n2)CC1. The molecule has 1 fully saturated rings. The van der Waals surface area contributed by atoms with Gasteiger partial charge in [-0.25, -0.2) is 9.37 Å². The highest BCUT2D eigenvalue weighted by Gasteiger charge is 2.23. The minimum Gasteiger partial charge on any atom is -0.384 e. The van der Waals surface area contributed by atoms with Gasteiger partial charge in [-0.05, 0) is 56.0 Å². The molecule has 29 heavy (non-hydrogen) atoms. The summed E-state index contributed by atoms with van der Waals surface area (Å²) in [6, 6.07) is 10.6. The van der Waals surface area contributed by atoms with Gasteiger partial charge in [0.15, 0.2) is 0 Å². The highest BCUT2D eigenvalue weighted by atomic mass is 19.1. The molecule has 0 spiro atoms. The number of nitrogens with zero attached hydrogens (tertiary/aromatic N) is 2. The summed E-state index contributed by atoms with van der Waals surface area (Å²) < 4.78 is 26.7. The summed E-state index contributed by atoms with van der Waals surface area (Å²) in [5.74, 6) is -1.05. The first-order chi connectivity index (χ1) is 14.0. The van der Waals surface area contributed by atoms with Gasteiger partial charge in [-0.1, -0.05) is 18.2 Å². The Balaban J connectivity index is 1.45. The number of benzene rings is 1. The zero-order valence-corrected chi connectivity index (χ0v) is 15.8. The van der Waals surface area contributed by atoms with Gasteiger partial charge in [-0.3, -0.25) is 9.79 Å². The van der Waals surface area contributed by atoms with E-state index in [0.29, 0.717) is 11.5 Å². The van der Waals surface area contributed by atoms with Crippen molar-refractivity contribution >= 4 is 17.4 Å². The number of anilines is 1. The predicted molar refractivity (Wildman–Crippen MR) is 108 cm³/mol. The number of pyridine rings is 1. The summed E-state index contributed by atoms with van der Waals surface area (Å²) in [7, 11) is 0. The van der Waals surface area contributed by atoms with Gasteiger partial charge in [0.25, 0.3) is 5.91 Å². The molecule has 0 bridgehead atoms. The Morgan fingerprint density at radius 1 is 1.10 bits per heavy atom. The number of hydrogen-bond donors (Lipinski definition) is 3. The van der Waals surface area contributed by atoms with Gasteiger partial charge in [0, 0.05) is 12.2 Å². The molecule has 1 aliphatic carbocycles. The molecular weight excluding hydrogens is 376 g/mol. The maximum Gasteiger partial charge on any atom is 0.270 e. The number of nitrogens with two attached hydrogens (primary N) is 1. The van der Waals surface area contributed by atoms with Gasteiger partial charge in [-0.2, -0.15) is 4.39 Å². The molecule has 1 amide bonds. The zero-order valence-electron chi connectivity index (χ0n) is 15.8. The fraction of sp³-hybridized carbons (Fsp3) is 0.286. The number of aromatic nitrogens is 1. The molecule has 0 saturated heterocycles. The van der Waals surface area contributed by atoms with Crippen molar-refractivity contribution in [3.8, 4) is 0 Å². The molecule has 0 radical (unpaired) electrons. The van der Waals surface area contributed by atoms with Gasteiger partial charge >= 0.3 is 0 Å². The van der Waals surface area contributed by atoms with Crippen LogP contribution in [0.25, 0.3) is 0 Å². The predicted octanol–water partition coefficient (Wildman–Crippen LogP) is 3.38. The van der Waals surface area contributed by atoms with E-state index in [-0.39, 0.29) is 29.5 Å². The second-order valence-electron chi connectivity index (χ2n) is 6.84. The molecule has 0 unspecified atom stereocenters. The van der Waals surface area contributed by atoms with Gasteiger partial charge in [0.05, 0.1) is 11.7 Å². The number of amides is 1. The fourth-order valence-electron chi connectivity index (χ4n) is 3.19. The Labute approximate surface area is 167 Å². The molecule has 0 aliphatic heterocycles. The lowest BCUT2D eigenvalue weighted by molar-refractivity contribution is 0.0919. The normalized spacial score (nSPS) is 19.9. The van der Waals surface area contributed by atoms with Crippen molar-refractivity contribution in [2.45, 2.75) is 37.8 Å². The number of carbonyl (C=O) groups excluding carboxylic acids is 1. The highest BCUT2D eigenvalue weighted by Crippen LogP contribution is 2.21. The van der Waals surface area contributed by atoms with Crippen LogP contribution in [-0.2, 0) is 0 Å². The zero-order chi connectivity index (χ0) is 20.6. The van der Waals surface area contributed by atoms with E-state index >= 15 is 0 Å². The first-order valence-corrected chi connectivity index (χ1v) is 9.45. The van der Waals surface area contributed by atoms with E-state index in [1.54, 1.807) is 30.5 Å². The standard InChI is InChI=1S/C21H23F2N5O/c22-16-4-1-2-5-17(16)25-13-12-20(24)26-14-8-10-15(11-9-14)27-21(29)18-6-3-7-19(23)28-18/h1-7,12-15,25H,8-11H2,(H2,24,26)(H,27,29). The van der Waals surface area contributed by atoms with Crippen LogP contribution in [0, 0.1) is 11.8 Å². The molecule has 6 nitrogen and oxygen atoms in total. The third kappa shape index (κ3) is 6.10. The van der Waals surface area contributed by atoms with Crippen molar-refractivity contribution in [3.63, 3.8) is 0 Å². The van der Waals surface area contributed by atoms with Gasteiger partial charge in [-0.15, -0.1) is 0 Å². The summed E-state index contributed by atoms with van der Waals surface area (Å²) >= 11 is 0. The molecule has 1 aromatic heterocycles. The topological polar surface area (TPSA) is 92.4 Å². The Morgan fingerprint density at radius 2 is 1.86 bits per heavy atom. The first kappa shape index (κ1) is 20.4. The third-order valence-corrected chi connectivity index (χ3v) is 4.68. The van der Waals surface area contributed by atoms with Gasteiger partial charge in [0.2, 0.25) is 5.95 Å². The molecule has 1 heterocycles. The number of carbonyl (C=O) groups is 1. The Bertz CT molecular complexity index is 907. The Morgan fingerprint density at radius 3 is 2.59 bits per heavy atom. The van der Waals surface area contributed by atoms with Crippen LogP contribution >= 0.6 is 0 Å². The van der Waals surface area contributed by atoms with Crippen molar-refractivity contribution in [2.75, 3.05) is 5.32 Å². The van der Waals surface area contributed by atoms with Crippen LogP contribution in [-0.4, -0.2) is 28.8 Å². The number of halogens is 2. The van der Waals surface area contributed by atoms with Gasteiger partial charge in [0.1, 0.15) is 17.3 Å². The monoisotopic (exact) mass is 399 g/mol.